The molecule has 2 atom stereocenters. The van der Waals surface area contributed by atoms with E-state index in [1.54, 1.807) is 0 Å². The zero-order chi connectivity index (χ0) is 13.8. The molecule has 0 saturated heterocycles. The fourth-order valence-corrected chi connectivity index (χ4v) is 2.16. The predicted molar refractivity (Wildman–Crippen MR) is 81.3 cm³/mol. The van der Waals surface area contributed by atoms with Gasteiger partial charge in [-0.05, 0) is 41.5 Å². The van der Waals surface area contributed by atoms with E-state index in [9.17, 15) is 0 Å². The summed E-state index contributed by atoms with van der Waals surface area (Å²) in [5.74, 6) is 1.28. The number of benzene rings is 1. The first-order valence-electron chi connectivity index (χ1n) is 7.17. The normalized spacial score (nSPS) is 15.4. The molecule has 1 N–H and O–H groups in total. The summed E-state index contributed by atoms with van der Waals surface area (Å²) in [5, 5.41) is 3.43. The summed E-state index contributed by atoms with van der Waals surface area (Å²) in [7, 11) is 0. The van der Waals surface area contributed by atoms with Crippen molar-refractivity contribution in [2.45, 2.75) is 52.9 Å². The van der Waals surface area contributed by atoms with Crippen LogP contribution in [0, 0.1) is 5.92 Å². The fraction of sp³-hybridized carbons (Fsp3) is 0.647. The molecule has 1 heteroatoms. The Bertz CT molecular complexity index is 345. The standard InChI is InChI=1S/C17H29N/c1-7-18-12-13(2)14(3)15-8-10-16(11-9-15)17(4,5)6/h8-11,13-14,18H,7,12H2,1-6H3. The second-order valence-corrected chi connectivity index (χ2v) is 6.45. The molecule has 0 fully saturated rings. The lowest BCUT2D eigenvalue weighted by Crippen LogP contribution is -2.24. The molecule has 1 rings (SSSR count). The highest BCUT2D eigenvalue weighted by Crippen LogP contribution is 2.27. The number of hydrogen-bond acceptors (Lipinski definition) is 1. The minimum Gasteiger partial charge on any atom is -0.317 e. The van der Waals surface area contributed by atoms with Gasteiger partial charge in [0.15, 0.2) is 0 Å². The summed E-state index contributed by atoms with van der Waals surface area (Å²) < 4.78 is 0. The Morgan fingerprint density at radius 3 is 2.06 bits per heavy atom. The quantitative estimate of drug-likeness (QED) is 0.816. The van der Waals surface area contributed by atoms with Crippen LogP contribution in [0.15, 0.2) is 24.3 Å². The summed E-state index contributed by atoms with van der Waals surface area (Å²) in [5.41, 5.74) is 3.11. The SMILES string of the molecule is CCNCC(C)C(C)c1ccc(C(C)(C)C)cc1. The molecule has 0 aromatic heterocycles. The Kier molecular flexibility index (Phi) is 5.40. The number of hydrogen-bond donors (Lipinski definition) is 1. The fourth-order valence-electron chi connectivity index (χ4n) is 2.16. The predicted octanol–water partition coefficient (Wildman–Crippen LogP) is 4.33. The van der Waals surface area contributed by atoms with Crippen LogP contribution < -0.4 is 5.32 Å². The molecule has 0 aliphatic rings. The topological polar surface area (TPSA) is 12.0 Å². The van der Waals surface area contributed by atoms with E-state index in [1.807, 2.05) is 0 Å². The third-order valence-corrected chi connectivity index (χ3v) is 3.87. The van der Waals surface area contributed by atoms with Crippen LogP contribution in [-0.2, 0) is 5.41 Å². The first-order chi connectivity index (χ1) is 8.36. The highest BCUT2D eigenvalue weighted by molar-refractivity contribution is 5.29. The van der Waals surface area contributed by atoms with Crippen molar-refractivity contribution < 1.29 is 0 Å². The van der Waals surface area contributed by atoms with Crippen molar-refractivity contribution in [1.82, 2.24) is 5.32 Å². The number of rotatable bonds is 5. The first kappa shape index (κ1) is 15.2. The van der Waals surface area contributed by atoms with Crippen LogP contribution in [0.1, 0.15) is 58.6 Å². The highest BCUT2D eigenvalue weighted by atomic mass is 14.8. The van der Waals surface area contributed by atoms with Gasteiger partial charge in [-0.15, -0.1) is 0 Å². The summed E-state index contributed by atoms with van der Waals surface area (Å²) >= 11 is 0. The molecule has 18 heavy (non-hydrogen) atoms. The van der Waals surface area contributed by atoms with Crippen molar-refractivity contribution in [2.75, 3.05) is 13.1 Å². The van der Waals surface area contributed by atoms with Crippen LogP contribution >= 0.6 is 0 Å². The zero-order valence-electron chi connectivity index (χ0n) is 12.9. The zero-order valence-corrected chi connectivity index (χ0v) is 12.9. The van der Waals surface area contributed by atoms with E-state index < -0.39 is 0 Å². The lowest BCUT2D eigenvalue weighted by Gasteiger charge is -2.23. The van der Waals surface area contributed by atoms with Crippen molar-refractivity contribution in [3.63, 3.8) is 0 Å². The van der Waals surface area contributed by atoms with Crippen LogP contribution in [0.25, 0.3) is 0 Å². The molecule has 0 aliphatic heterocycles. The van der Waals surface area contributed by atoms with E-state index >= 15 is 0 Å². The Morgan fingerprint density at radius 2 is 1.61 bits per heavy atom. The van der Waals surface area contributed by atoms with Gasteiger partial charge < -0.3 is 5.32 Å². The molecule has 1 aromatic rings. The summed E-state index contributed by atoms with van der Waals surface area (Å²) in [4.78, 5) is 0. The minimum atomic E-state index is 0.247. The van der Waals surface area contributed by atoms with E-state index in [1.165, 1.54) is 11.1 Å². The second-order valence-electron chi connectivity index (χ2n) is 6.45. The molecule has 1 nitrogen and oxygen atoms in total. The van der Waals surface area contributed by atoms with Gasteiger partial charge in [-0.25, -0.2) is 0 Å². The molecule has 0 heterocycles. The summed E-state index contributed by atoms with van der Waals surface area (Å²) in [6.07, 6.45) is 0. The van der Waals surface area contributed by atoms with E-state index in [2.05, 4.69) is 71.1 Å². The molecule has 0 aliphatic carbocycles. The Labute approximate surface area is 113 Å². The Hall–Kier alpha value is -0.820. The Morgan fingerprint density at radius 1 is 1.06 bits per heavy atom. The van der Waals surface area contributed by atoms with Crippen LogP contribution in [0.3, 0.4) is 0 Å². The average molecular weight is 247 g/mol. The van der Waals surface area contributed by atoms with Gasteiger partial charge in [0, 0.05) is 0 Å². The Balaban J connectivity index is 2.72. The third-order valence-electron chi connectivity index (χ3n) is 3.87. The van der Waals surface area contributed by atoms with Gasteiger partial charge in [0.25, 0.3) is 0 Å². The molecule has 0 amide bonds. The van der Waals surface area contributed by atoms with Crippen molar-refractivity contribution >= 4 is 0 Å². The molecule has 0 saturated carbocycles. The molecule has 1 aromatic carbocycles. The van der Waals surface area contributed by atoms with Crippen LogP contribution in [-0.4, -0.2) is 13.1 Å². The van der Waals surface area contributed by atoms with Gasteiger partial charge in [0.1, 0.15) is 0 Å². The lowest BCUT2D eigenvalue weighted by atomic mass is 9.83. The summed E-state index contributed by atoms with van der Waals surface area (Å²) in [6.45, 7) is 15.8. The largest absolute Gasteiger partial charge is 0.317 e. The number of nitrogens with one attached hydrogen (secondary N) is 1. The highest BCUT2D eigenvalue weighted by Gasteiger charge is 2.16. The van der Waals surface area contributed by atoms with Crippen LogP contribution in [0.4, 0.5) is 0 Å². The van der Waals surface area contributed by atoms with Gasteiger partial charge >= 0.3 is 0 Å². The van der Waals surface area contributed by atoms with E-state index in [4.69, 9.17) is 0 Å². The van der Waals surface area contributed by atoms with Gasteiger partial charge in [-0.3, -0.25) is 0 Å². The molecule has 2 unspecified atom stereocenters. The molecule has 0 radical (unpaired) electrons. The molecule has 0 bridgehead atoms. The van der Waals surface area contributed by atoms with Crippen LogP contribution in [0.5, 0.6) is 0 Å². The van der Waals surface area contributed by atoms with Gasteiger partial charge in [0.05, 0.1) is 0 Å². The van der Waals surface area contributed by atoms with Crippen molar-refractivity contribution in [2.24, 2.45) is 5.92 Å². The lowest BCUT2D eigenvalue weighted by molar-refractivity contribution is 0.453. The average Bonchev–Trinajstić information content (AvgIpc) is 2.34. The maximum absolute atomic E-state index is 3.43. The van der Waals surface area contributed by atoms with Gasteiger partial charge in [0.2, 0.25) is 0 Å². The maximum Gasteiger partial charge on any atom is -0.00175 e. The maximum atomic E-state index is 3.43. The third kappa shape index (κ3) is 4.13. The minimum absolute atomic E-state index is 0.247. The first-order valence-corrected chi connectivity index (χ1v) is 7.17. The molecular weight excluding hydrogens is 218 g/mol. The van der Waals surface area contributed by atoms with Crippen molar-refractivity contribution in [1.29, 1.82) is 0 Å². The van der Waals surface area contributed by atoms with Crippen molar-refractivity contribution in [3.8, 4) is 0 Å². The molecule has 0 spiro atoms. The van der Waals surface area contributed by atoms with Crippen molar-refractivity contribution in [3.05, 3.63) is 35.4 Å². The smallest absolute Gasteiger partial charge is 0.00175 e. The second kappa shape index (κ2) is 6.38. The van der Waals surface area contributed by atoms with Crippen LogP contribution in [0.2, 0.25) is 0 Å². The van der Waals surface area contributed by atoms with E-state index in [-0.39, 0.29) is 5.41 Å². The van der Waals surface area contributed by atoms with E-state index in [0.29, 0.717) is 11.8 Å². The monoisotopic (exact) mass is 247 g/mol. The van der Waals surface area contributed by atoms with Gasteiger partial charge in [-0.2, -0.15) is 0 Å². The molecule has 102 valence electrons. The summed E-state index contributed by atoms with van der Waals surface area (Å²) in [6, 6.07) is 9.17. The van der Waals surface area contributed by atoms with E-state index in [0.717, 1.165) is 13.1 Å². The molecular formula is C17H29N. The van der Waals surface area contributed by atoms with Gasteiger partial charge in [-0.1, -0.05) is 65.8 Å².